The maximum absolute atomic E-state index is 10.3. The van der Waals surface area contributed by atoms with Crippen LogP contribution in [0.15, 0.2) is 12.7 Å². The first-order chi connectivity index (χ1) is 11.6. The lowest BCUT2D eigenvalue weighted by atomic mass is 9.97. The third-order valence-corrected chi connectivity index (χ3v) is 4.45. The van der Waals surface area contributed by atoms with Crippen LogP contribution >= 0.6 is 0 Å². The molecule has 1 aliphatic carbocycles. The molecule has 0 amide bonds. The molecule has 1 saturated carbocycles. The number of aromatic nitrogens is 4. The zero-order valence-electron chi connectivity index (χ0n) is 12.7. The highest BCUT2D eigenvalue weighted by Crippen LogP contribution is 2.38. The first-order valence-corrected chi connectivity index (χ1v) is 7.66. The van der Waals surface area contributed by atoms with Gasteiger partial charge in [0.1, 0.15) is 18.5 Å². The van der Waals surface area contributed by atoms with Crippen LogP contribution < -0.4 is 5.32 Å². The summed E-state index contributed by atoms with van der Waals surface area (Å²) >= 11 is 0. The predicted octanol–water partition coefficient (Wildman–Crippen LogP) is -0.985. The molecule has 2 aromatic heterocycles. The molecule has 1 aliphatic heterocycles. The van der Waals surface area contributed by atoms with Crippen LogP contribution in [0.4, 0.5) is 5.82 Å². The van der Waals surface area contributed by atoms with Gasteiger partial charge >= 0.3 is 0 Å². The normalized spacial score (nSPS) is 32.8. The topological polar surface area (TPSA) is 126 Å². The maximum Gasteiger partial charge on any atom is 0.182 e. The van der Waals surface area contributed by atoms with Crippen LogP contribution in [0.2, 0.25) is 0 Å². The van der Waals surface area contributed by atoms with Crippen molar-refractivity contribution in [3.8, 4) is 12.3 Å². The number of aliphatic hydroxyl groups excluding tert-OH is 3. The number of fused-ring (bicyclic) bond motifs is 1. The second kappa shape index (κ2) is 5.39. The number of aliphatic hydroxyl groups is 3. The van der Waals surface area contributed by atoms with Crippen molar-refractivity contribution in [1.82, 2.24) is 19.5 Å². The summed E-state index contributed by atoms with van der Waals surface area (Å²) in [6.07, 6.45) is 6.61. The lowest BCUT2D eigenvalue weighted by Crippen LogP contribution is -2.44. The van der Waals surface area contributed by atoms with E-state index in [9.17, 15) is 15.3 Å². The molecule has 2 aromatic rings. The van der Waals surface area contributed by atoms with E-state index in [0.717, 1.165) is 12.8 Å². The van der Waals surface area contributed by atoms with Gasteiger partial charge in [-0.25, -0.2) is 15.0 Å². The summed E-state index contributed by atoms with van der Waals surface area (Å²) in [5.41, 5.74) is -0.685. The van der Waals surface area contributed by atoms with Crippen LogP contribution in [0.1, 0.15) is 19.1 Å². The van der Waals surface area contributed by atoms with Gasteiger partial charge in [-0.15, -0.1) is 6.42 Å². The minimum absolute atomic E-state index is 0.395. The summed E-state index contributed by atoms with van der Waals surface area (Å²) in [6.45, 7) is -0.617. The zero-order chi connectivity index (χ0) is 16.9. The molecule has 1 saturated heterocycles. The summed E-state index contributed by atoms with van der Waals surface area (Å²) in [7, 11) is 0. The van der Waals surface area contributed by atoms with Crippen molar-refractivity contribution in [2.75, 3.05) is 11.9 Å². The number of imidazole rings is 1. The molecule has 24 heavy (non-hydrogen) atoms. The molecule has 4 rings (SSSR count). The third kappa shape index (κ3) is 2.16. The van der Waals surface area contributed by atoms with E-state index in [-0.39, 0.29) is 0 Å². The van der Waals surface area contributed by atoms with Gasteiger partial charge in [-0.1, -0.05) is 5.92 Å². The highest BCUT2D eigenvalue weighted by molar-refractivity contribution is 5.83. The van der Waals surface area contributed by atoms with E-state index in [1.807, 2.05) is 0 Å². The smallest absolute Gasteiger partial charge is 0.182 e. The Bertz CT molecular complexity index is 814. The van der Waals surface area contributed by atoms with Crippen molar-refractivity contribution in [2.24, 2.45) is 0 Å². The monoisotopic (exact) mass is 331 g/mol. The lowest BCUT2D eigenvalue weighted by Gasteiger charge is -2.23. The fraction of sp³-hybridized carbons (Fsp3) is 0.533. The Labute approximate surface area is 137 Å². The van der Waals surface area contributed by atoms with Crippen molar-refractivity contribution in [1.29, 1.82) is 0 Å². The van der Waals surface area contributed by atoms with Gasteiger partial charge in [0.2, 0.25) is 0 Å². The molecular weight excluding hydrogens is 314 g/mol. The fourth-order valence-electron chi connectivity index (χ4n) is 2.87. The van der Waals surface area contributed by atoms with Crippen LogP contribution in [-0.2, 0) is 4.74 Å². The molecule has 0 radical (unpaired) electrons. The molecule has 0 spiro atoms. The number of hydrogen-bond acceptors (Lipinski definition) is 8. The van der Waals surface area contributed by atoms with Gasteiger partial charge in [0, 0.05) is 6.04 Å². The molecule has 4 N–H and O–H groups in total. The summed E-state index contributed by atoms with van der Waals surface area (Å²) in [5.74, 6) is 2.84. The number of rotatable bonds is 4. The van der Waals surface area contributed by atoms with Crippen molar-refractivity contribution in [2.45, 2.75) is 42.9 Å². The Morgan fingerprint density at radius 2 is 2.17 bits per heavy atom. The van der Waals surface area contributed by atoms with E-state index in [0.29, 0.717) is 23.0 Å². The maximum atomic E-state index is 10.3. The molecule has 2 aliphatic rings. The molecule has 9 heteroatoms. The zero-order valence-corrected chi connectivity index (χ0v) is 12.7. The summed E-state index contributed by atoms with van der Waals surface area (Å²) in [4.78, 5) is 12.7. The van der Waals surface area contributed by atoms with Gasteiger partial charge in [0.15, 0.2) is 28.8 Å². The summed E-state index contributed by atoms with van der Waals surface area (Å²) in [6, 6.07) is 0.395. The number of anilines is 1. The Morgan fingerprint density at radius 1 is 1.38 bits per heavy atom. The Balaban J connectivity index is 1.73. The molecule has 9 nitrogen and oxygen atoms in total. The summed E-state index contributed by atoms with van der Waals surface area (Å²) < 4.78 is 7.10. The van der Waals surface area contributed by atoms with Crippen LogP contribution in [0, 0.1) is 12.3 Å². The first kappa shape index (κ1) is 15.3. The van der Waals surface area contributed by atoms with E-state index in [2.05, 4.69) is 26.2 Å². The van der Waals surface area contributed by atoms with Crippen LogP contribution in [0.5, 0.6) is 0 Å². The van der Waals surface area contributed by atoms with Crippen LogP contribution in [0.3, 0.4) is 0 Å². The minimum Gasteiger partial charge on any atom is -0.392 e. The molecule has 4 atom stereocenters. The van der Waals surface area contributed by atoms with E-state index in [1.54, 1.807) is 0 Å². The van der Waals surface area contributed by atoms with Gasteiger partial charge in [0.05, 0.1) is 12.9 Å². The molecule has 3 heterocycles. The number of terminal acetylenes is 1. The minimum atomic E-state index is -1.66. The molecule has 126 valence electrons. The fourth-order valence-corrected chi connectivity index (χ4v) is 2.87. The van der Waals surface area contributed by atoms with Gasteiger partial charge in [0.25, 0.3) is 0 Å². The van der Waals surface area contributed by atoms with Crippen molar-refractivity contribution >= 4 is 17.0 Å². The van der Waals surface area contributed by atoms with Crippen LogP contribution in [0.25, 0.3) is 11.2 Å². The van der Waals surface area contributed by atoms with E-state index in [1.165, 1.54) is 17.2 Å². The predicted molar refractivity (Wildman–Crippen MR) is 82.8 cm³/mol. The number of nitrogens with zero attached hydrogens (tertiary/aromatic N) is 4. The lowest BCUT2D eigenvalue weighted by molar-refractivity contribution is -0.0911. The average molecular weight is 331 g/mol. The number of ether oxygens (including phenoxy) is 1. The standard InChI is InChI=1S/C15H17N5O4/c1-2-15(5-21)11(23)10(22)14(24-15)20-7-18-9-12(19-8-3-4-8)16-6-17-13(9)20/h1,6-8,10-11,14,21-23H,3-5H2,(H,16,17,19)/t10?,11-,14-,15-/m1/s1. The SMILES string of the molecule is C#C[C@]1(CO)O[C@@H](n2cnc3c(NC4CC4)ncnc32)C(O)[C@H]1O. The van der Waals surface area contributed by atoms with Crippen molar-refractivity contribution in [3.63, 3.8) is 0 Å². The van der Waals surface area contributed by atoms with Gasteiger partial charge < -0.3 is 25.4 Å². The summed E-state index contributed by atoms with van der Waals surface area (Å²) in [5, 5.41) is 33.3. The van der Waals surface area contributed by atoms with E-state index >= 15 is 0 Å². The molecule has 0 aromatic carbocycles. The van der Waals surface area contributed by atoms with Gasteiger partial charge in [-0.3, -0.25) is 4.57 Å². The van der Waals surface area contributed by atoms with Crippen molar-refractivity contribution < 1.29 is 20.1 Å². The van der Waals surface area contributed by atoms with Gasteiger partial charge in [-0.05, 0) is 12.8 Å². The Kier molecular flexibility index (Phi) is 3.43. The van der Waals surface area contributed by atoms with Crippen molar-refractivity contribution in [3.05, 3.63) is 12.7 Å². The number of nitrogens with one attached hydrogen (secondary N) is 1. The molecule has 2 fully saturated rings. The first-order valence-electron chi connectivity index (χ1n) is 7.66. The third-order valence-electron chi connectivity index (χ3n) is 4.45. The quantitative estimate of drug-likeness (QED) is 0.527. The molecular formula is C15H17N5O4. The van der Waals surface area contributed by atoms with E-state index < -0.39 is 30.6 Å². The highest BCUT2D eigenvalue weighted by Gasteiger charge is 2.54. The van der Waals surface area contributed by atoms with Gasteiger partial charge in [-0.2, -0.15) is 0 Å². The van der Waals surface area contributed by atoms with E-state index in [4.69, 9.17) is 11.2 Å². The average Bonchev–Trinajstić information content (AvgIpc) is 3.25. The second-order valence-electron chi connectivity index (χ2n) is 6.10. The Morgan fingerprint density at radius 3 is 2.79 bits per heavy atom. The Hall–Kier alpha value is -2.25. The second-order valence-corrected chi connectivity index (χ2v) is 6.10. The number of hydrogen-bond donors (Lipinski definition) is 4. The largest absolute Gasteiger partial charge is 0.392 e. The van der Waals surface area contributed by atoms with Crippen LogP contribution in [-0.4, -0.2) is 65.3 Å². The molecule has 1 unspecified atom stereocenters. The molecule has 0 bridgehead atoms. The highest BCUT2D eigenvalue weighted by atomic mass is 16.6.